The lowest BCUT2D eigenvalue weighted by Crippen LogP contribution is -2.40. The number of ether oxygens (including phenoxy) is 1. The van der Waals surface area contributed by atoms with E-state index in [1.54, 1.807) is 7.11 Å². The number of carbonyl (C=O) groups excluding carboxylic acids is 1. The van der Waals surface area contributed by atoms with Crippen LogP contribution in [0.5, 0.6) is 0 Å². The highest BCUT2D eigenvalue weighted by Crippen LogP contribution is 2.34. The van der Waals surface area contributed by atoms with Crippen LogP contribution in [0.4, 0.5) is 5.00 Å². The van der Waals surface area contributed by atoms with Gasteiger partial charge in [0.1, 0.15) is 11.1 Å². The second kappa shape index (κ2) is 6.70. The van der Waals surface area contributed by atoms with Crippen molar-refractivity contribution in [1.29, 1.82) is 5.26 Å². The first-order valence-electron chi connectivity index (χ1n) is 6.43. The lowest BCUT2D eigenvalue weighted by molar-refractivity contribution is -0.122. The lowest BCUT2D eigenvalue weighted by atomic mass is 10.0. The number of hydrogen-bond donors (Lipinski definition) is 2. The number of nitrogens with zero attached hydrogens (tertiary/aromatic N) is 2. The molecule has 0 atom stereocenters. The molecule has 0 radical (unpaired) electrons. The number of rotatable bonds is 5. The van der Waals surface area contributed by atoms with Gasteiger partial charge in [-0.05, 0) is 12.0 Å². The molecule has 6 nitrogen and oxygen atoms in total. The van der Waals surface area contributed by atoms with Crippen molar-refractivity contribution in [2.75, 3.05) is 39.1 Å². The fourth-order valence-corrected chi connectivity index (χ4v) is 3.40. The molecular weight excluding hydrogens is 276 g/mol. The van der Waals surface area contributed by atoms with Gasteiger partial charge in [0.05, 0.1) is 18.7 Å². The Bertz CT molecular complexity index is 535. The predicted molar refractivity (Wildman–Crippen MR) is 77.3 cm³/mol. The van der Waals surface area contributed by atoms with E-state index in [-0.39, 0.29) is 5.91 Å². The zero-order valence-corrected chi connectivity index (χ0v) is 12.3. The molecule has 7 heteroatoms. The predicted octanol–water partition coefficient (Wildman–Crippen LogP) is 0.323. The Hall–Kier alpha value is -1.62. The Labute approximate surface area is 122 Å². The molecule has 1 aromatic rings. The molecule has 0 bridgehead atoms. The molecule has 0 saturated heterocycles. The summed E-state index contributed by atoms with van der Waals surface area (Å²) in [7, 11) is 1.60. The molecule has 0 aliphatic carbocycles. The number of nitriles is 1. The summed E-state index contributed by atoms with van der Waals surface area (Å²) >= 11 is 1.46. The topological polar surface area (TPSA) is 91.4 Å². The molecule has 2 heterocycles. The Morgan fingerprint density at radius 1 is 1.65 bits per heavy atom. The Morgan fingerprint density at radius 3 is 3.15 bits per heavy atom. The molecule has 3 N–H and O–H groups in total. The second-order valence-corrected chi connectivity index (χ2v) is 5.80. The van der Waals surface area contributed by atoms with Crippen molar-refractivity contribution in [3.05, 3.63) is 16.0 Å². The van der Waals surface area contributed by atoms with Crippen molar-refractivity contribution in [3.63, 3.8) is 0 Å². The van der Waals surface area contributed by atoms with Crippen LogP contribution < -0.4 is 11.1 Å². The summed E-state index contributed by atoms with van der Waals surface area (Å²) in [5.41, 5.74) is 7.52. The minimum absolute atomic E-state index is 0.00413. The fraction of sp³-hybridized carbons (Fsp3) is 0.538. The zero-order valence-electron chi connectivity index (χ0n) is 11.4. The number of carbonyl (C=O) groups is 1. The molecule has 0 saturated carbocycles. The molecule has 1 aliphatic heterocycles. The summed E-state index contributed by atoms with van der Waals surface area (Å²) in [5, 5.41) is 12.5. The molecule has 0 aromatic carbocycles. The van der Waals surface area contributed by atoms with E-state index < -0.39 is 0 Å². The van der Waals surface area contributed by atoms with Crippen LogP contribution in [0.15, 0.2) is 0 Å². The summed E-state index contributed by atoms with van der Waals surface area (Å²) in [6, 6.07) is 2.17. The summed E-state index contributed by atoms with van der Waals surface area (Å²) < 4.78 is 4.89. The molecule has 1 aliphatic rings. The SMILES string of the molecule is COCCNC(=O)CN1CCc2c(sc(N)c2C#N)C1. The number of hydrogen-bond acceptors (Lipinski definition) is 6. The van der Waals surface area contributed by atoms with Crippen LogP contribution in [0.2, 0.25) is 0 Å². The molecule has 0 unspecified atom stereocenters. The Kier molecular flexibility index (Phi) is 4.95. The number of nitrogens with two attached hydrogens (primary N) is 1. The van der Waals surface area contributed by atoms with Gasteiger partial charge in [-0.1, -0.05) is 0 Å². The van der Waals surface area contributed by atoms with Crippen molar-refractivity contribution in [1.82, 2.24) is 10.2 Å². The first-order valence-corrected chi connectivity index (χ1v) is 7.25. The van der Waals surface area contributed by atoms with Gasteiger partial charge in [-0.3, -0.25) is 9.69 Å². The maximum absolute atomic E-state index is 11.7. The summed E-state index contributed by atoms with van der Waals surface area (Å²) in [5.74, 6) is -0.00413. The molecule has 1 amide bonds. The van der Waals surface area contributed by atoms with Crippen LogP contribution in [-0.4, -0.2) is 44.2 Å². The number of anilines is 1. The lowest BCUT2D eigenvalue weighted by Gasteiger charge is -2.26. The highest BCUT2D eigenvalue weighted by Gasteiger charge is 2.24. The number of thiophene rings is 1. The van der Waals surface area contributed by atoms with Crippen molar-refractivity contribution in [2.24, 2.45) is 0 Å². The third kappa shape index (κ3) is 3.28. The van der Waals surface area contributed by atoms with E-state index in [2.05, 4.69) is 16.3 Å². The van der Waals surface area contributed by atoms with Crippen LogP contribution in [-0.2, 0) is 22.5 Å². The van der Waals surface area contributed by atoms with E-state index >= 15 is 0 Å². The number of nitrogens with one attached hydrogen (secondary N) is 1. The smallest absolute Gasteiger partial charge is 0.234 e. The van der Waals surface area contributed by atoms with Gasteiger partial charge < -0.3 is 15.8 Å². The van der Waals surface area contributed by atoms with Gasteiger partial charge in [-0.15, -0.1) is 11.3 Å². The van der Waals surface area contributed by atoms with Crippen LogP contribution >= 0.6 is 11.3 Å². The monoisotopic (exact) mass is 294 g/mol. The highest BCUT2D eigenvalue weighted by molar-refractivity contribution is 7.16. The van der Waals surface area contributed by atoms with E-state index in [4.69, 9.17) is 15.7 Å². The van der Waals surface area contributed by atoms with Crippen LogP contribution in [0.1, 0.15) is 16.0 Å². The van der Waals surface area contributed by atoms with Gasteiger partial charge in [0.15, 0.2) is 0 Å². The normalized spacial score (nSPS) is 14.6. The van der Waals surface area contributed by atoms with E-state index in [0.717, 1.165) is 23.4 Å². The van der Waals surface area contributed by atoms with Gasteiger partial charge in [0, 0.05) is 31.6 Å². The molecule has 0 fully saturated rings. The zero-order chi connectivity index (χ0) is 14.5. The average Bonchev–Trinajstić information content (AvgIpc) is 2.73. The number of fused-ring (bicyclic) bond motifs is 1. The van der Waals surface area contributed by atoms with E-state index in [1.165, 1.54) is 11.3 Å². The van der Waals surface area contributed by atoms with Gasteiger partial charge in [-0.25, -0.2) is 0 Å². The minimum Gasteiger partial charge on any atom is -0.389 e. The van der Waals surface area contributed by atoms with Crippen molar-refractivity contribution >= 4 is 22.2 Å². The fourth-order valence-electron chi connectivity index (χ4n) is 2.29. The van der Waals surface area contributed by atoms with Crippen molar-refractivity contribution in [3.8, 4) is 6.07 Å². The molecule has 0 spiro atoms. The first kappa shape index (κ1) is 14.8. The Balaban J connectivity index is 1.92. The largest absolute Gasteiger partial charge is 0.389 e. The second-order valence-electron chi connectivity index (χ2n) is 4.66. The molecule has 1 aromatic heterocycles. The van der Waals surface area contributed by atoms with Crippen LogP contribution in [0.25, 0.3) is 0 Å². The molecule has 2 rings (SSSR count). The molecule has 20 heavy (non-hydrogen) atoms. The summed E-state index contributed by atoms with van der Waals surface area (Å²) in [6.45, 7) is 2.86. The third-order valence-corrected chi connectivity index (χ3v) is 4.32. The van der Waals surface area contributed by atoms with Gasteiger partial charge in [0.2, 0.25) is 5.91 Å². The van der Waals surface area contributed by atoms with Gasteiger partial charge >= 0.3 is 0 Å². The van der Waals surface area contributed by atoms with E-state index in [1.807, 2.05) is 0 Å². The highest BCUT2D eigenvalue weighted by atomic mass is 32.1. The summed E-state index contributed by atoms with van der Waals surface area (Å²) in [6.07, 6.45) is 0.775. The van der Waals surface area contributed by atoms with Crippen molar-refractivity contribution in [2.45, 2.75) is 13.0 Å². The quantitative estimate of drug-likeness (QED) is 0.763. The maximum Gasteiger partial charge on any atom is 0.234 e. The average molecular weight is 294 g/mol. The van der Waals surface area contributed by atoms with E-state index in [0.29, 0.717) is 36.8 Å². The standard InChI is InChI=1S/C13H18N4O2S/c1-19-5-3-16-12(18)8-17-4-2-9-10(6-14)13(15)20-11(9)7-17/h2-5,7-8,15H2,1H3,(H,16,18). The van der Waals surface area contributed by atoms with Gasteiger partial charge in [0.25, 0.3) is 0 Å². The van der Waals surface area contributed by atoms with Gasteiger partial charge in [-0.2, -0.15) is 5.26 Å². The number of nitrogen functional groups attached to an aromatic ring is 1. The number of amides is 1. The van der Waals surface area contributed by atoms with Crippen LogP contribution in [0, 0.1) is 11.3 Å². The van der Waals surface area contributed by atoms with Crippen molar-refractivity contribution < 1.29 is 9.53 Å². The third-order valence-electron chi connectivity index (χ3n) is 3.27. The van der Waals surface area contributed by atoms with E-state index in [9.17, 15) is 4.79 Å². The maximum atomic E-state index is 11.7. The molecular formula is C13H18N4O2S. The Morgan fingerprint density at radius 2 is 2.45 bits per heavy atom. The molecule has 108 valence electrons. The summed E-state index contributed by atoms with van der Waals surface area (Å²) in [4.78, 5) is 14.9. The number of methoxy groups -OCH3 is 1. The van der Waals surface area contributed by atoms with Crippen LogP contribution in [0.3, 0.4) is 0 Å². The minimum atomic E-state index is -0.00413. The first-order chi connectivity index (χ1) is 9.65.